The fourth-order valence-corrected chi connectivity index (χ4v) is 1.80. The summed E-state index contributed by atoms with van der Waals surface area (Å²) in [4.78, 5) is 12.1. The first-order chi connectivity index (χ1) is 9.43. The molecule has 20 heavy (non-hydrogen) atoms. The maximum atomic E-state index is 13.3. The summed E-state index contributed by atoms with van der Waals surface area (Å²) < 4.78 is 19.6. The van der Waals surface area contributed by atoms with Crippen LogP contribution in [-0.4, -0.2) is 22.8 Å². The molecule has 0 bridgehead atoms. The summed E-state index contributed by atoms with van der Waals surface area (Å²) in [7, 11) is 3.01. The molecular weight excluding hydrogens is 263 g/mol. The second kappa shape index (κ2) is 5.20. The summed E-state index contributed by atoms with van der Waals surface area (Å²) in [6.07, 6.45) is 0. The molecule has 1 amide bonds. The summed E-state index contributed by atoms with van der Waals surface area (Å²) in [6, 6.07) is 3.86. The molecule has 0 unspecified atom stereocenters. The molecule has 0 aliphatic heterocycles. The first-order valence-corrected chi connectivity index (χ1v) is 5.88. The Morgan fingerprint density at radius 3 is 2.75 bits per heavy atom. The number of carbonyl (C=O) groups excluding carboxylic acids is 1. The molecular formula is C13H15FN4O2. The largest absolute Gasteiger partial charge is 0.494 e. The Bertz CT molecular complexity index is 667. The fourth-order valence-electron chi connectivity index (χ4n) is 1.80. The normalized spacial score (nSPS) is 10.4. The summed E-state index contributed by atoms with van der Waals surface area (Å²) in [5, 5.41) is 6.74. The molecule has 3 N–H and O–H groups in total. The monoisotopic (exact) mass is 278 g/mol. The van der Waals surface area contributed by atoms with Gasteiger partial charge in [-0.05, 0) is 25.1 Å². The number of anilines is 2. The molecule has 0 atom stereocenters. The average molecular weight is 278 g/mol. The number of methoxy groups -OCH3 is 1. The van der Waals surface area contributed by atoms with Crippen molar-refractivity contribution in [2.24, 2.45) is 7.05 Å². The van der Waals surface area contributed by atoms with E-state index in [0.29, 0.717) is 17.2 Å². The molecule has 0 saturated carbocycles. The summed E-state index contributed by atoms with van der Waals surface area (Å²) in [5.74, 6) is -0.541. The number of aryl methyl sites for hydroxylation is 2. The summed E-state index contributed by atoms with van der Waals surface area (Å²) >= 11 is 0. The lowest BCUT2D eigenvalue weighted by Crippen LogP contribution is -2.15. The predicted molar refractivity (Wildman–Crippen MR) is 73.3 cm³/mol. The van der Waals surface area contributed by atoms with Crippen LogP contribution < -0.4 is 15.8 Å². The molecule has 0 spiro atoms. The Labute approximate surface area is 115 Å². The molecule has 1 heterocycles. The number of hydrogen-bond donors (Lipinski definition) is 2. The molecule has 0 saturated heterocycles. The standard InChI is InChI=1S/C13H15FN4O2/c1-7-11(15)12(18(2)17-7)16-13(19)8-4-5-9(14)10(6-8)20-3/h4-6H,15H2,1-3H3,(H,16,19). The Balaban J connectivity index is 2.28. The van der Waals surface area contributed by atoms with Crippen LogP contribution in [0.4, 0.5) is 15.9 Å². The van der Waals surface area contributed by atoms with Crippen molar-refractivity contribution in [2.45, 2.75) is 6.92 Å². The number of nitrogen functional groups attached to an aromatic ring is 1. The SMILES string of the molecule is COc1cc(C(=O)Nc2c(N)c(C)nn2C)ccc1F. The zero-order valence-electron chi connectivity index (χ0n) is 11.4. The predicted octanol–water partition coefficient (Wildman–Crippen LogP) is 1.71. The van der Waals surface area contributed by atoms with Crippen molar-refractivity contribution in [1.82, 2.24) is 9.78 Å². The van der Waals surface area contributed by atoms with Gasteiger partial charge in [-0.15, -0.1) is 0 Å². The van der Waals surface area contributed by atoms with Crippen molar-refractivity contribution < 1.29 is 13.9 Å². The van der Waals surface area contributed by atoms with Gasteiger partial charge in [0.25, 0.3) is 5.91 Å². The van der Waals surface area contributed by atoms with Crippen LogP contribution in [0.3, 0.4) is 0 Å². The number of nitrogens with two attached hydrogens (primary N) is 1. The van der Waals surface area contributed by atoms with Gasteiger partial charge in [-0.2, -0.15) is 5.10 Å². The van der Waals surface area contributed by atoms with Gasteiger partial charge >= 0.3 is 0 Å². The molecule has 1 aromatic carbocycles. The lowest BCUT2D eigenvalue weighted by Gasteiger charge is -2.08. The number of ether oxygens (including phenoxy) is 1. The number of halogens is 1. The molecule has 7 heteroatoms. The van der Waals surface area contributed by atoms with Crippen LogP contribution in [-0.2, 0) is 7.05 Å². The van der Waals surface area contributed by atoms with E-state index in [1.165, 1.54) is 30.0 Å². The number of nitrogens with one attached hydrogen (secondary N) is 1. The number of aromatic nitrogens is 2. The molecule has 0 aliphatic rings. The maximum absolute atomic E-state index is 13.3. The van der Waals surface area contributed by atoms with Crippen molar-refractivity contribution in [2.75, 3.05) is 18.2 Å². The highest BCUT2D eigenvalue weighted by Gasteiger charge is 2.15. The van der Waals surface area contributed by atoms with Crippen LogP contribution in [0.25, 0.3) is 0 Å². The Hall–Kier alpha value is -2.57. The summed E-state index contributed by atoms with van der Waals surface area (Å²) in [6.45, 7) is 1.74. The van der Waals surface area contributed by atoms with E-state index in [-0.39, 0.29) is 11.3 Å². The van der Waals surface area contributed by atoms with Crippen molar-refractivity contribution in [1.29, 1.82) is 0 Å². The van der Waals surface area contributed by atoms with Gasteiger partial charge in [0.1, 0.15) is 0 Å². The Kier molecular flexibility index (Phi) is 3.60. The van der Waals surface area contributed by atoms with E-state index in [2.05, 4.69) is 10.4 Å². The van der Waals surface area contributed by atoms with Gasteiger partial charge in [-0.25, -0.2) is 4.39 Å². The number of carbonyl (C=O) groups is 1. The molecule has 2 aromatic rings. The van der Waals surface area contributed by atoms with E-state index in [1.54, 1.807) is 14.0 Å². The number of benzene rings is 1. The molecule has 6 nitrogen and oxygen atoms in total. The van der Waals surface area contributed by atoms with Crippen LogP contribution in [0.15, 0.2) is 18.2 Å². The van der Waals surface area contributed by atoms with E-state index in [0.717, 1.165) is 0 Å². The lowest BCUT2D eigenvalue weighted by atomic mass is 10.2. The molecule has 0 fully saturated rings. The molecule has 0 radical (unpaired) electrons. The van der Waals surface area contributed by atoms with Crippen molar-refractivity contribution >= 4 is 17.4 Å². The average Bonchev–Trinajstić information content (AvgIpc) is 2.66. The molecule has 2 rings (SSSR count). The van der Waals surface area contributed by atoms with Gasteiger partial charge in [0.2, 0.25) is 0 Å². The number of hydrogen-bond acceptors (Lipinski definition) is 4. The molecule has 0 aliphatic carbocycles. The fraction of sp³-hybridized carbons (Fsp3) is 0.231. The topological polar surface area (TPSA) is 82.2 Å². The van der Waals surface area contributed by atoms with Gasteiger partial charge < -0.3 is 15.8 Å². The van der Waals surface area contributed by atoms with Crippen LogP contribution >= 0.6 is 0 Å². The quantitative estimate of drug-likeness (QED) is 0.895. The number of rotatable bonds is 3. The van der Waals surface area contributed by atoms with Crippen LogP contribution in [0.2, 0.25) is 0 Å². The van der Waals surface area contributed by atoms with Gasteiger partial charge in [0.05, 0.1) is 18.5 Å². The van der Waals surface area contributed by atoms with Gasteiger partial charge in [0, 0.05) is 12.6 Å². The number of amides is 1. The first-order valence-electron chi connectivity index (χ1n) is 5.88. The van der Waals surface area contributed by atoms with Crippen molar-refractivity contribution in [3.63, 3.8) is 0 Å². The van der Waals surface area contributed by atoms with Crippen LogP contribution in [0, 0.1) is 12.7 Å². The third-order valence-corrected chi connectivity index (χ3v) is 2.91. The third kappa shape index (κ3) is 2.42. The second-order valence-corrected chi connectivity index (χ2v) is 4.27. The van der Waals surface area contributed by atoms with Gasteiger partial charge in [-0.1, -0.05) is 0 Å². The van der Waals surface area contributed by atoms with E-state index >= 15 is 0 Å². The van der Waals surface area contributed by atoms with E-state index in [9.17, 15) is 9.18 Å². The van der Waals surface area contributed by atoms with E-state index in [1.807, 2.05) is 0 Å². The van der Waals surface area contributed by atoms with Gasteiger partial charge in [-0.3, -0.25) is 9.48 Å². The van der Waals surface area contributed by atoms with Crippen molar-refractivity contribution in [3.05, 3.63) is 35.3 Å². The van der Waals surface area contributed by atoms with Crippen LogP contribution in [0.1, 0.15) is 16.1 Å². The molecule has 1 aromatic heterocycles. The minimum Gasteiger partial charge on any atom is -0.494 e. The minimum atomic E-state index is -0.528. The minimum absolute atomic E-state index is 0.00630. The second-order valence-electron chi connectivity index (χ2n) is 4.27. The van der Waals surface area contributed by atoms with Gasteiger partial charge in [0.15, 0.2) is 17.4 Å². The van der Waals surface area contributed by atoms with E-state index in [4.69, 9.17) is 10.5 Å². The number of nitrogens with zero attached hydrogens (tertiary/aromatic N) is 2. The molecule has 106 valence electrons. The highest BCUT2D eigenvalue weighted by atomic mass is 19.1. The highest BCUT2D eigenvalue weighted by molar-refractivity contribution is 6.05. The zero-order chi connectivity index (χ0) is 14.9. The Morgan fingerprint density at radius 1 is 1.50 bits per heavy atom. The zero-order valence-corrected chi connectivity index (χ0v) is 11.4. The first kappa shape index (κ1) is 13.9. The van der Waals surface area contributed by atoms with Crippen LogP contribution in [0.5, 0.6) is 5.75 Å². The van der Waals surface area contributed by atoms with Crippen molar-refractivity contribution in [3.8, 4) is 5.75 Å². The van der Waals surface area contributed by atoms with E-state index < -0.39 is 11.7 Å². The smallest absolute Gasteiger partial charge is 0.257 e. The third-order valence-electron chi connectivity index (χ3n) is 2.91. The summed E-state index contributed by atoms with van der Waals surface area (Å²) in [5.41, 5.74) is 7.12. The Morgan fingerprint density at radius 2 is 2.20 bits per heavy atom. The maximum Gasteiger partial charge on any atom is 0.257 e. The lowest BCUT2D eigenvalue weighted by molar-refractivity contribution is 0.102. The highest BCUT2D eigenvalue weighted by Crippen LogP contribution is 2.23.